The Morgan fingerprint density at radius 2 is 1.96 bits per heavy atom. The molecule has 0 aliphatic carbocycles. The van der Waals surface area contributed by atoms with Crippen molar-refractivity contribution in [3.8, 4) is 11.5 Å². The van der Waals surface area contributed by atoms with Crippen LogP contribution < -0.4 is 20.1 Å². The van der Waals surface area contributed by atoms with E-state index >= 15 is 0 Å². The SMILES string of the molecule is CC(C)n1ccc2c(NC(=O)NCC3COc4ccccc4O3)cccc21. The summed E-state index contributed by atoms with van der Waals surface area (Å²) < 4.78 is 13.7. The minimum absolute atomic E-state index is 0.219. The normalized spacial score (nSPS) is 15.7. The highest BCUT2D eigenvalue weighted by atomic mass is 16.6. The first-order valence-electron chi connectivity index (χ1n) is 9.14. The van der Waals surface area contributed by atoms with Gasteiger partial charge in [-0.2, -0.15) is 0 Å². The molecule has 1 aliphatic heterocycles. The Bertz CT molecular complexity index is 964. The van der Waals surface area contributed by atoms with Crippen LogP contribution in [0.25, 0.3) is 10.9 Å². The van der Waals surface area contributed by atoms with Crippen LogP contribution in [0.15, 0.2) is 54.7 Å². The lowest BCUT2D eigenvalue weighted by Gasteiger charge is -2.26. The number of anilines is 1. The van der Waals surface area contributed by atoms with E-state index in [1.807, 2.05) is 48.7 Å². The Morgan fingerprint density at radius 3 is 2.78 bits per heavy atom. The summed E-state index contributed by atoms with van der Waals surface area (Å²) >= 11 is 0. The lowest BCUT2D eigenvalue weighted by molar-refractivity contribution is 0.0922. The molecule has 2 amide bonds. The maximum Gasteiger partial charge on any atom is 0.319 e. The van der Waals surface area contributed by atoms with Gasteiger partial charge in [-0.25, -0.2) is 4.79 Å². The molecule has 1 aromatic heterocycles. The molecule has 0 saturated carbocycles. The maximum absolute atomic E-state index is 12.4. The van der Waals surface area contributed by atoms with Gasteiger partial charge in [0.1, 0.15) is 6.61 Å². The highest BCUT2D eigenvalue weighted by Crippen LogP contribution is 2.30. The van der Waals surface area contributed by atoms with Crippen LogP contribution >= 0.6 is 0 Å². The zero-order valence-electron chi connectivity index (χ0n) is 15.4. The average Bonchev–Trinajstić information content (AvgIpc) is 3.12. The highest BCUT2D eigenvalue weighted by Gasteiger charge is 2.21. The van der Waals surface area contributed by atoms with Crippen molar-refractivity contribution in [3.05, 3.63) is 54.7 Å². The third kappa shape index (κ3) is 3.56. The van der Waals surface area contributed by atoms with Gasteiger partial charge in [-0.05, 0) is 44.2 Å². The van der Waals surface area contributed by atoms with Crippen LogP contribution in [0, 0.1) is 0 Å². The van der Waals surface area contributed by atoms with Crippen molar-refractivity contribution in [2.24, 2.45) is 0 Å². The number of hydrogen-bond donors (Lipinski definition) is 2. The second-order valence-corrected chi connectivity index (χ2v) is 6.89. The largest absolute Gasteiger partial charge is 0.486 e. The van der Waals surface area contributed by atoms with Gasteiger partial charge in [0, 0.05) is 17.6 Å². The van der Waals surface area contributed by atoms with Crippen molar-refractivity contribution in [1.82, 2.24) is 9.88 Å². The Balaban J connectivity index is 1.38. The Hall–Kier alpha value is -3.15. The highest BCUT2D eigenvalue weighted by molar-refractivity contribution is 6.00. The van der Waals surface area contributed by atoms with E-state index < -0.39 is 0 Å². The quantitative estimate of drug-likeness (QED) is 0.729. The Kier molecular flexibility index (Phi) is 4.62. The summed E-state index contributed by atoms with van der Waals surface area (Å²) in [7, 11) is 0. The molecule has 0 fully saturated rings. The van der Waals surface area contributed by atoms with Crippen LogP contribution in [0.5, 0.6) is 11.5 Å². The third-order valence-electron chi connectivity index (χ3n) is 4.63. The fourth-order valence-corrected chi connectivity index (χ4v) is 3.28. The number of nitrogens with zero attached hydrogens (tertiary/aromatic N) is 1. The summed E-state index contributed by atoms with van der Waals surface area (Å²) in [6.45, 7) is 5.04. The second kappa shape index (κ2) is 7.23. The molecule has 6 nitrogen and oxygen atoms in total. The zero-order valence-corrected chi connectivity index (χ0v) is 15.4. The van der Waals surface area contributed by atoms with Crippen LogP contribution in [0.2, 0.25) is 0 Å². The third-order valence-corrected chi connectivity index (χ3v) is 4.63. The molecular formula is C21H23N3O3. The van der Waals surface area contributed by atoms with Crippen molar-refractivity contribution in [2.45, 2.75) is 26.0 Å². The van der Waals surface area contributed by atoms with Crippen molar-refractivity contribution in [3.63, 3.8) is 0 Å². The van der Waals surface area contributed by atoms with Crippen LogP contribution in [-0.4, -0.2) is 29.9 Å². The van der Waals surface area contributed by atoms with E-state index in [1.165, 1.54) is 0 Å². The second-order valence-electron chi connectivity index (χ2n) is 6.89. The number of ether oxygens (including phenoxy) is 2. The van der Waals surface area contributed by atoms with E-state index in [9.17, 15) is 4.79 Å². The molecule has 2 aromatic carbocycles. The molecule has 1 unspecified atom stereocenters. The molecule has 1 atom stereocenters. The van der Waals surface area contributed by atoms with Gasteiger partial charge in [-0.15, -0.1) is 0 Å². The standard InChI is InChI=1S/C21H23N3O3/c1-14(2)24-11-10-16-17(6-5-7-18(16)24)23-21(25)22-12-15-13-26-19-8-3-4-9-20(19)27-15/h3-11,14-15H,12-13H2,1-2H3,(H2,22,23,25). The Morgan fingerprint density at radius 1 is 1.15 bits per heavy atom. The molecule has 0 saturated heterocycles. The Labute approximate surface area is 158 Å². The number of aromatic nitrogens is 1. The smallest absolute Gasteiger partial charge is 0.319 e. The zero-order chi connectivity index (χ0) is 18.8. The van der Waals surface area contributed by atoms with E-state index in [1.54, 1.807) is 0 Å². The number of carbonyl (C=O) groups is 1. The summed E-state index contributed by atoms with van der Waals surface area (Å²) in [6.07, 6.45) is 1.83. The minimum Gasteiger partial charge on any atom is -0.486 e. The predicted molar refractivity (Wildman–Crippen MR) is 106 cm³/mol. The van der Waals surface area contributed by atoms with Crippen LogP contribution in [0.3, 0.4) is 0 Å². The molecular weight excluding hydrogens is 342 g/mol. The summed E-state index contributed by atoms with van der Waals surface area (Å²) in [5.74, 6) is 1.44. The van der Waals surface area contributed by atoms with E-state index in [4.69, 9.17) is 9.47 Å². The number of amides is 2. The first-order valence-corrected chi connectivity index (χ1v) is 9.14. The number of fused-ring (bicyclic) bond motifs is 2. The van der Waals surface area contributed by atoms with E-state index in [-0.39, 0.29) is 12.1 Å². The number of benzene rings is 2. The van der Waals surface area contributed by atoms with Crippen LogP contribution in [-0.2, 0) is 0 Å². The number of rotatable bonds is 4. The predicted octanol–water partition coefficient (Wildman–Crippen LogP) is 4.18. The van der Waals surface area contributed by atoms with Crippen molar-refractivity contribution < 1.29 is 14.3 Å². The molecule has 2 heterocycles. The van der Waals surface area contributed by atoms with Gasteiger partial charge >= 0.3 is 6.03 Å². The minimum atomic E-state index is -0.262. The van der Waals surface area contributed by atoms with Gasteiger partial charge < -0.3 is 24.7 Å². The average molecular weight is 365 g/mol. The molecule has 27 heavy (non-hydrogen) atoms. The number of carbonyl (C=O) groups excluding carboxylic acids is 1. The fourth-order valence-electron chi connectivity index (χ4n) is 3.28. The van der Waals surface area contributed by atoms with Gasteiger partial charge in [-0.3, -0.25) is 0 Å². The number of para-hydroxylation sites is 2. The monoisotopic (exact) mass is 365 g/mol. The number of urea groups is 1. The van der Waals surface area contributed by atoms with Crippen LogP contribution in [0.1, 0.15) is 19.9 Å². The van der Waals surface area contributed by atoms with Gasteiger partial charge in [0.2, 0.25) is 0 Å². The van der Waals surface area contributed by atoms with Crippen molar-refractivity contribution in [1.29, 1.82) is 0 Å². The summed E-state index contributed by atoms with van der Waals surface area (Å²) in [6, 6.07) is 15.6. The summed E-state index contributed by atoms with van der Waals surface area (Å²) in [5.41, 5.74) is 1.89. The number of nitrogens with one attached hydrogen (secondary N) is 2. The lowest BCUT2D eigenvalue weighted by atomic mass is 10.2. The van der Waals surface area contributed by atoms with E-state index in [0.29, 0.717) is 24.9 Å². The molecule has 2 N–H and O–H groups in total. The van der Waals surface area contributed by atoms with Gasteiger partial charge in [0.05, 0.1) is 17.7 Å². The molecule has 0 radical (unpaired) electrons. The van der Waals surface area contributed by atoms with Crippen LogP contribution in [0.4, 0.5) is 10.5 Å². The first kappa shape index (κ1) is 17.3. The molecule has 0 bridgehead atoms. The fraction of sp³-hybridized carbons (Fsp3) is 0.286. The molecule has 4 rings (SSSR count). The molecule has 6 heteroatoms. The number of hydrogen-bond acceptors (Lipinski definition) is 3. The topological polar surface area (TPSA) is 64.5 Å². The summed E-state index contributed by atoms with van der Waals surface area (Å²) in [5, 5.41) is 6.82. The lowest BCUT2D eigenvalue weighted by Crippen LogP contribution is -2.42. The maximum atomic E-state index is 12.4. The molecule has 3 aromatic rings. The van der Waals surface area contributed by atoms with Gasteiger partial charge in [0.25, 0.3) is 0 Å². The molecule has 0 spiro atoms. The van der Waals surface area contributed by atoms with Crippen molar-refractivity contribution in [2.75, 3.05) is 18.5 Å². The first-order chi connectivity index (χ1) is 13.1. The van der Waals surface area contributed by atoms with Gasteiger partial charge in [-0.1, -0.05) is 18.2 Å². The van der Waals surface area contributed by atoms with Gasteiger partial charge in [0.15, 0.2) is 17.6 Å². The van der Waals surface area contributed by atoms with E-state index in [2.05, 4.69) is 35.1 Å². The van der Waals surface area contributed by atoms with E-state index in [0.717, 1.165) is 22.3 Å². The summed E-state index contributed by atoms with van der Waals surface area (Å²) in [4.78, 5) is 12.4. The molecule has 140 valence electrons. The van der Waals surface area contributed by atoms with Crippen molar-refractivity contribution >= 4 is 22.6 Å². The molecule has 1 aliphatic rings.